The van der Waals surface area contributed by atoms with Crippen LogP contribution in [0.2, 0.25) is 0 Å². The van der Waals surface area contributed by atoms with E-state index in [4.69, 9.17) is 4.74 Å². The topological polar surface area (TPSA) is 63.6 Å². The number of cyclic esters (lactones) is 1. The minimum Gasteiger partial charge on any atom is -0.447 e. The fraction of sp³-hybridized carbons (Fsp3) is 0.100. The van der Waals surface area contributed by atoms with Crippen LogP contribution in [-0.4, -0.2) is 29.7 Å². The summed E-state index contributed by atoms with van der Waals surface area (Å²) in [6.45, 7) is 0.939. The molecule has 1 aliphatic heterocycles. The first kappa shape index (κ1) is 16.0. The number of carbonyl (C=O) groups excluding carboxylic acids is 2. The predicted molar refractivity (Wildman–Crippen MR) is 98.9 cm³/mol. The van der Waals surface area contributed by atoms with Crippen molar-refractivity contribution in [1.29, 1.82) is 0 Å². The number of nitrogens with one attached hydrogen (secondary N) is 1. The molecule has 2 heterocycles. The number of carbonyl (C=O) groups is 2. The first-order valence-corrected chi connectivity index (χ1v) is 8.30. The minimum atomic E-state index is -0.343. The van der Waals surface area contributed by atoms with E-state index in [9.17, 15) is 9.59 Å². The van der Waals surface area contributed by atoms with E-state index in [1.165, 1.54) is 0 Å². The summed E-state index contributed by atoms with van der Waals surface area (Å²) >= 11 is 0. The van der Waals surface area contributed by atoms with Crippen LogP contribution in [0, 0.1) is 0 Å². The molecule has 130 valence electrons. The standard InChI is InChI=1S/C20H17N3O3/c24-19(15-3-7-17(8-4-15)22-11-1-2-12-22)21-16-5-9-18(10-6-16)23-13-14-26-20(23)25/h1-12H,13-14H2,(H,21,24). The SMILES string of the molecule is O=C(Nc1ccc(N2CCOC2=O)cc1)c1ccc(-n2cccc2)cc1. The molecule has 0 atom stereocenters. The summed E-state index contributed by atoms with van der Waals surface area (Å²) in [5, 5.41) is 2.86. The molecule has 0 bridgehead atoms. The Hall–Kier alpha value is -3.54. The second-order valence-corrected chi connectivity index (χ2v) is 5.90. The molecule has 0 radical (unpaired) electrons. The van der Waals surface area contributed by atoms with Crippen LogP contribution in [0.5, 0.6) is 0 Å². The number of nitrogens with zero attached hydrogens (tertiary/aromatic N) is 2. The maximum absolute atomic E-state index is 12.4. The lowest BCUT2D eigenvalue weighted by atomic mass is 10.2. The average molecular weight is 347 g/mol. The number of amides is 2. The molecule has 1 aliphatic rings. The summed E-state index contributed by atoms with van der Waals surface area (Å²) in [5.74, 6) is -0.183. The maximum atomic E-state index is 12.4. The van der Waals surface area contributed by atoms with Crippen LogP contribution in [0.25, 0.3) is 5.69 Å². The zero-order valence-electron chi connectivity index (χ0n) is 14.0. The second-order valence-electron chi connectivity index (χ2n) is 5.90. The largest absolute Gasteiger partial charge is 0.447 e. The van der Waals surface area contributed by atoms with Crippen molar-refractivity contribution in [2.24, 2.45) is 0 Å². The number of aromatic nitrogens is 1. The van der Waals surface area contributed by atoms with Gasteiger partial charge in [-0.05, 0) is 60.7 Å². The number of rotatable bonds is 4. The van der Waals surface area contributed by atoms with Gasteiger partial charge in [0.2, 0.25) is 0 Å². The molecule has 0 saturated carbocycles. The third-order valence-electron chi connectivity index (χ3n) is 4.23. The molecule has 1 fully saturated rings. The Bertz CT molecular complexity index is 916. The number of anilines is 2. The van der Waals surface area contributed by atoms with E-state index in [-0.39, 0.29) is 12.0 Å². The Morgan fingerprint density at radius 3 is 2.19 bits per heavy atom. The van der Waals surface area contributed by atoms with Gasteiger partial charge in [0.15, 0.2) is 0 Å². The van der Waals surface area contributed by atoms with Gasteiger partial charge in [-0.15, -0.1) is 0 Å². The first-order chi connectivity index (χ1) is 12.7. The summed E-state index contributed by atoms with van der Waals surface area (Å²) in [6.07, 6.45) is 3.56. The fourth-order valence-corrected chi connectivity index (χ4v) is 2.85. The Morgan fingerprint density at radius 2 is 1.58 bits per heavy atom. The van der Waals surface area contributed by atoms with Crippen LogP contribution >= 0.6 is 0 Å². The van der Waals surface area contributed by atoms with Crippen molar-refractivity contribution in [2.75, 3.05) is 23.4 Å². The Kier molecular flexibility index (Phi) is 4.15. The molecular weight excluding hydrogens is 330 g/mol. The lowest BCUT2D eigenvalue weighted by molar-refractivity contribution is 0.102. The summed E-state index contributed by atoms with van der Waals surface area (Å²) in [5.41, 5.74) is 2.99. The van der Waals surface area contributed by atoms with Gasteiger partial charge in [-0.25, -0.2) is 4.79 Å². The van der Waals surface area contributed by atoms with E-state index in [1.54, 1.807) is 41.3 Å². The third-order valence-corrected chi connectivity index (χ3v) is 4.23. The van der Waals surface area contributed by atoms with Crippen molar-refractivity contribution in [3.05, 3.63) is 78.6 Å². The zero-order valence-corrected chi connectivity index (χ0v) is 14.0. The molecule has 6 heteroatoms. The Balaban J connectivity index is 1.43. The number of benzene rings is 2. The molecule has 1 saturated heterocycles. The van der Waals surface area contributed by atoms with Gasteiger partial charge < -0.3 is 14.6 Å². The van der Waals surface area contributed by atoms with E-state index in [2.05, 4.69) is 5.32 Å². The molecule has 6 nitrogen and oxygen atoms in total. The molecule has 1 aromatic heterocycles. The van der Waals surface area contributed by atoms with Gasteiger partial charge in [-0.1, -0.05) is 0 Å². The molecule has 2 aromatic carbocycles. The molecule has 3 aromatic rings. The Labute approximate surface area is 150 Å². The molecular formula is C20H17N3O3. The summed E-state index contributed by atoms with van der Waals surface area (Å²) < 4.78 is 6.90. The normalized spacial score (nSPS) is 13.5. The van der Waals surface area contributed by atoms with Crippen molar-refractivity contribution in [3.63, 3.8) is 0 Å². The predicted octanol–water partition coefficient (Wildman–Crippen LogP) is 3.69. The van der Waals surface area contributed by atoms with Crippen LogP contribution < -0.4 is 10.2 Å². The highest BCUT2D eigenvalue weighted by molar-refractivity contribution is 6.04. The summed E-state index contributed by atoms with van der Waals surface area (Å²) in [6, 6.07) is 18.4. The smallest absolute Gasteiger partial charge is 0.414 e. The fourth-order valence-electron chi connectivity index (χ4n) is 2.85. The highest BCUT2D eigenvalue weighted by atomic mass is 16.6. The lowest BCUT2D eigenvalue weighted by Gasteiger charge is -2.13. The monoisotopic (exact) mass is 347 g/mol. The van der Waals surface area contributed by atoms with E-state index in [0.29, 0.717) is 24.4 Å². The lowest BCUT2D eigenvalue weighted by Crippen LogP contribution is -2.23. The van der Waals surface area contributed by atoms with Crippen LogP contribution in [-0.2, 0) is 4.74 Å². The quantitative estimate of drug-likeness (QED) is 0.783. The molecule has 2 amide bonds. The first-order valence-electron chi connectivity index (χ1n) is 8.30. The van der Waals surface area contributed by atoms with Gasteiger partial charge in [0.1, 0.15) is 6.61 Å². The molecule has 1 N–H and O–H groups in total. The molecule has 0 unspecified atom stereocenters. The number of hydrogen-bond donors (Lipinski definition) is 1. The van der Waals surface area contributed by atoms with Crippen molar-refractivity contribution >= 4 is 23.4 Å². The van der Waals surface area contributed by atoms with Gasteiger partial charge in [0, 0.05) is 35.0 Å². The van der Waals surface area contributed by atoms with E-state index >= 15 is 0 Å². The van der Waals surface area contributed by atoms with E-state index in [0.717, 1.165) is 11.4 Å². The van der Waals surface area contributed by atoms with Crippen molar-refractivity contribution in [2.45, 2.75) is 0 Å². The van der Waals surface area contributed by atoms with Crippen LogP contribution in [0.1, 0.15) is 10.4 Å². The van der Waals surface area contributed by atoms with Gasteiger partial charge >= 0.3 is 6.09 Å². The number of ether oxygens (including phenoxy) is 1. The maximum Gasteiger partial charge on any atom is 0.414 e. The van der Waals surface area contributed by atoms with Crippen LogP contribution in [0.4, 0.5) is 16.2 Å². The average Bonchev–Trinajstić information content (AvgIpc) is 3.34. The highest BCUT2D eigenvalue weighted by Gasteiger charge is 2.23. The van der Waals surface area contributed by atoms with Crippen LogP contribution in [0.15, 0.2) is 73.1 Å². The van der Waals surface area contributed by atoms with Crippen molar-refractivity contribution < 1.29 is 14.3 Å². The molecule has 4 rings (SSSR count). The Morgan fingerprint density at radius 1 is 0.923 bits per heavy atom. The third kappa shape index (κ3) is 3.17. The second kappa shape index (κ2) is 6.76. The van der Waals surface area contributed by atoms with Gasteiger partial charge in [-0.2, -0.15) is 0 Å². The van der Waals surface area contributed by atoms with Gasteiger partial charge in [0.05, 0.1) is 6.54 Å². The minimum absolute atomic E-state index is 0.183. The number of hydrogen-bond acceptors (Lipinski definition) is 3. The van der Waals surface area contributed by atoms with Crippen molar-refractivity contribution in [3.8, 4) is 5.69 Å². The van der Waals surface area contributed by atoms with Crippen LogP contribution in [0.3, 0.4) is 0 Å². The van der Waals surface area contributed by atoms with Gasteiger partial charge in [-0.3, -0.25) is 9.69 Å². The molecule has 26 heavy (non-hydrogen) atoms. The van der Waals surface area contributed by atoms with E-state index in [1.807, 2.05) is 41.2 Å². The van der Waals surface area contributed by atoms with Gasteiger partial charge in [0.25, 0.3) is 5.91 Å². The molecule has 0 spiro atoms. The van der Waals surface area contributed by atoms with E-state index < -0.39 is 0 Å². The zero-order chi connectivity index (χ0) is 17.9. The van der Waals surface area contributed by atoms with Crippen molar-refractivity contribution in [1.82, 2.24) is 4.57 Å². The molecule has 0 aliphatic carbocycles. The highest BCUT2D eigenvalue weighted by Crippen LogP contribution is 2.21. The summed E-state index contributed by atoms with van der Waals surface area (Å²) in [7, 11) is 0. The summed E-state index contributed by atoms with van der Waals surface area (Å²) in [4.78, 5) is 25.5.